The quantitative estimate of drug-likeness (QED) is 0.708. The fourth-order valence-corrected chi connectivity index (χ4v) is 2.08. The van der Waals surface area contributed by atoms with E-state index in [1.807, 2.05) is 31.2 Å². The van der Waals surface area contributed by atoms with E-state index in [-0.39, 0.29) is 5.82 Å². The topological polar surface area (TPSA) is 0 Å². The molecule has 0 radical (unpaired) electrons. The Morgan fingerprint density at radius 1 is 1.07 bits per heavy atom. The normalized spacial score (nSPS) is 10.3. The van der Waals surface area contributed by atoms with Gasteiger partial charge in [0, 0.05) is 4.47 Å². The molecule has 2 heteroatoms. The Kier molecular flexibility index (Phi) is 2.87. The Labute approximate surface area is 96.9 Å². The van der Waals surface area contributed by atoms with Gasteiger partial charge in [-0.15, -0.1) is 0 Å². The average molecular weight is 265 g/mol. The lowest BCUT2D eigenvalue weighted by Gasteiger charge is -2.06. The van der Waals surface area contributed by atoms with Gasteiger partial charge in [0.05, 0.1) is 0 Å². The zero-order valence-electron chi connectivity index (χ0n) is 8.30. The number of hydrogen-bond donors (Lipinski definition) is 0. The van der Waals surface area contributed by atoms with E-state index in [4.69, 9.17) is 0 Å². The summed E-state index contributed by atoms with van der Waals surface area (Å²) in [5, 5.41) is 0. The van der Waals surface area contributed by atoms with Crippen molar-refractivity contribution in [3.05, 3.63) is 58.3 Å². The molecule has 0 heterocycles. The molecule has 0 aliphatic heterocycles. The minimum absolute atomic E-state index is 0.199. The molecule has 2 rings (SSSR count). The Morgan fingerprint density at radius 2 is 1.87 bits per heavy atom. The summed E-state index contributed by atoms with van der Waals surface area (Å²) < 4.78 is 14.1. The van der Waals surface area contributed by atoms with E-state index >= 15 is 0 Å². The van der Waals surface area contributed by atoms with Crippen molar-refractivity contribution in [2.45, 2.75) is 6.92 Å². The lowest BCUT2D eigenvalue weighted by molar-refractivity contribution is 0.628. The standard InChI is InChI=1S/C13H10BrF/c1-9-7-11(14)5-6-13(9)10-3-2-4-12(15)8-10/h2-8H,1H3. The van der Waals surface area contributed by atoms with Gasteiger partial charge in [-0.1, -0.05) is 34.1 Å². The molecule has 76 valence electrons. The van der Waals surface area contributed by atoms with Crippen LogP contribution in [-0.4, -0.2) is 0 Å². The molecule has 0 saturated carbocycles. The molecule has 0 fully saturated rings. The summed E-state index contributed by atoms with van der Waals surface area (Å²) in [7, 11) is 0. The Morgan fingerprint density at radius 3 is 2.53 bits per heavy atom. The third-order valence-electron chi connectivity index (χ3n) is 2.32. The largest absolute Gasteiger partial charge is 0.207 e. The van der Waals surface area contributed by atoms with E-state index < -0.39 is 0 Å². The number of rotatable bonds is 1. The van der Waals surface area contributed by atoms with Gasteiger partial charge in [-0.25, -0.2) is 4.39 Å². The zero-order valence-corrected chi connectivity index (χ0v) is 9.88. The van der Waals surface area contributed by atoms with Crippen LogP contribution in [-0.2, 0) is 0 Å². The Balaban J connectivity index is 2.54. The first-order valence-electron chi connectivity index (χ1n) is 4.69. The molecule has 2 aromatic carbocycles. The van der Waals surface area contributed by atoms with Gasteiger partial charge >= 0.3 is 0 Å². The van der Waals surface area contributed by atoms with Crippen LogP contribution in [0.5, 0.6) is 0 Å². The van der Waals surface area contributed by atoms with Gasteiger partial charge < -0.3 is 0 Å². The summed E-state index contributed by atoms with van der Waals surface area (Å²) in [4.78, 5) is 0. The summed E-state index contributed by atoms with van der Waals surface area (Å²) in [6.07, 6.45) is 0. The van der Waals surface area contributed by atoms with Crippen LogP contribution in [0.1, 0.15) is 5.56 Å². The molecular weight excluding hydrogens is 255 g/mol. The maximum absolute atomic E-state index is 13.1. The van der Waals surface area contributed by atoms with E-state index in [0.717, 1.165) is 21.2 Å². The van der Waals surface area contributed by atoms with Gasteiger partial charge in [-0.3, -0.25) is 0 Å². The van der Waals surface area contributed by atoms with E-state index in [1.54, 1.807) is 12.1 Å². The Hall–Kier alpha value is -1.15. The highest BCUT2D eigenvalue weighted by Crippen LogP contribution is 2.26. The van der Waals surface area contributed by atoms with Crippen LogP contribution in [0.3, 0.4) is 0 Å². The van der Waals surface area contributed by atoms with Gasteiger partial charge in [0.1, 0.15) is 5.82 Å². The SMILES string of the molecule is Cc1cc(Br)ccc1-c1cccc(F)c1. The number of halogens is 2. The second-order valence-electron chi connectivity index (χ2n) is 3.47. The summed E-state index contributed by atoms with van der Waals surface area (Å²) in [6.45, 7) is 2.02. The molecule has 0 saturated heterocycles. The highest BCUT2D eigenvalue weighted by molar-refractivity contribution is 9.10. The van der Waals surface area contributed by atoms with Crippen LogP contribution in [0, 0.1) is 12.7 Å². The molecule has 0 spiro atoms. The molecule has 0 aromatic heterocycles. The van der Waals surface area contributed by atoms with Crippen molar-refractivity contribution in [3.63, 3.8) is 0 Å². The van der Waals surface area contributed by atoms with Crippen molar-refractivity contribution in [2.24, 2.45) is 0 Å². The first-order valence-corrected chi connectivity index (χ1v) is 5.48. The molecule has 0 unspecified atom stereocenters. The summed E-state index contributed by atoms with van der Waals surface area (Å²) in [5.74, 6) is -0.199. The van der Waals surface area contributed by atoms with Crippen molar-refractivity contribution in [3.8, 4) is 11.1 Å². The van der Waals surface area contributed by atoms with E-state index in [9.17, 15) is 4.39 Å². The molecular formula is C13H10BrF. The van der Waals surface area contributed by atoms with Crippen molar-refractivity contribution in [2.75, 3.05) is 0 Å². The predicted octanol–water partition coefficient (Wildman–Crippen LogP) is 4.56. The molecule has 0 bridgehead atoms. The van der Waals surface area contributed by atoms with Gasteiger partial charge in [-0.2, -0.15) is 0 Å². The van der Waals surface area contributed by atoms with Crippen LogP contribution in [0.4, 0.5) is 4.39 Å². The van der Waals surface area contributed by atoms with E-state index in [0.29, 0.717) is 0 Å². The van der Waals surface area contributed by atoms with Crippen molar-refractivity contribution >= 4 is 15.9 Å². The van der Waals surface area contributed by atoms with Crippen molar-refractivity contribution < 1.29 is 4.39 Å². The van der Waals surface area contributed by atoms with E-state index in [2.05, 4.69) is 15.9 Å². The summed E-state index contributed by atoms with van der Waals surface area (Å²) in [5.41, 5.74) is 3.12. The molecule has 0 atom stereocenters. The minimum Gasteiger partial charge on any atom is -0.207 e. The molecule has 15 heavy (non-hydrogen) atoms. The van der Waals surface area contributed by atoms with Gasteiger partial charge in [0.25, 0.3) is 0 Å². The van der Waals surface area contributed by atoms with E-state index in [1.165, 1.54) is 6.07 Å². The zero-order chi connectivity index (χ0) is 10.8. The third kappa shape index (κ3) is 2.26. The third-order valence-corrected chi connectivity index (χ3v) is 2.82. The van der Waals surface area contributed by atoms with Crippen molar-refractivity contribution in [1.29, 1.82) is 0 Å². The van der Waals surface area contributed by atoms with Crippen LogP contribution in [0.15, 0.2) is 46.9 Å². The Bertz CT molecular complexity index is 492. The molecule has 0 N–H and O–H groups in total. The number of hydrogen-bond acceptors (Lipinski definition) is 0. The van der Waals surface area contributed by atoms with Crippen LogP contribution < -0.4 is 0 Å². The fraction of sp³-hybridized carbons (Fsp3) is 0.0769. The minimum atomic E-state index is -0.199. The second-order valence-corrected chi connectivity index (χ2v) is 4.39. The fourth-order valence-electron chi connectivity index (χ4n) is 1.61. The smallest absolute Gasteiger partial charge is 0.123 e. The first kappa shape index (κ1) is 10.4. The van der Waals surface area contributed by atoms with Crippen LogP contribution in [0.25, 0.3) is 11.1 Å². The molecule has 0 nitrogen and oxygen atoms in total. The number of aryl methyl sites for hydroxylation is 1. The lowest BCUT2D eigenvalue weighted by Crippen LogP contribution is -1.84. The number of benzene rings is 2. The van der Waals surface area contributed by atoms with Crippen LogP contribution >= 0.6 is 15.9 Å². The molecule has 0 aliphatic carbocycles. The molecule has 0 aliphatic rings. The maximum atomic E-state index is 13.1. The van der Waals surface area contributed by atoms with Gasteiger partial charge in [0.15, 0.2) is 0 Å². The highest BCUT2D eigenvalue weighted by atomic mass is 79.9. The summed E-state index contributed by atoms with van der Waals surface area (Å²) >= 11 is 3.41. The lowest BCUT2D eigenvalue weighted by atomic mass is 10.0. The average Bonchev–Trinajstić information content (AvgIpc) is 2.17. The van der Waals surface area contributed by atoms with Gasteiger partial charge in [-0.05, 0) is 47.9 Å². The van der Waals surface area contributed by atoms with Crippen molar-refractivity contribution in [1.82, 2.24) is 0 Å². The maximum Gasteiger partial charge on any atom is 0.123 e. The molecule has 0 amide bonds. The first-order chi connectivity index (χ1) is 7.16. The predicted molar refractivity (Wildman–Crippen MR) is 64.3 cm³/mol. The van der Waals surface area contributed by atoms with Gasteiger partial charge in [0.2, 0.25) is 0 Å². The monoisotopic (exact) mass is 264 g/mol. The highest BCUT2D eigenvalue weighted by Gasteiger charge is 2.02. The molecule has 2 aromatic rings. The summed E-state index contributed by atoms with van der Waals surface area (Å²) in [6, 6.07) is 12.6. The second kappa shape index (κ2) is 4.15. The van der Waals surface area contributed by atoms with Crippen LogP contribution in [0.2, 0.25) is 0 Å².